The summed E-state index contributed by atoms with van der Waals surface area (Å²) in [6, 6.07) is 11.2. The predicted octanol–water partition coefficient (Wildman–Crippen LogP) is 3.20. The molecule has 128 valence electrons. The molecule has 0 aliphatic carbocycles. The standard InChI is InChI=1S/C18H17N3O3S/c1-12-3-2-8-19-16(12)20-9-10-24-14-6-4-13(5-7-14)11-15-17(22)21-18(23)25-15/h2-8,11H,9-10H2,1H3,(H,19,20)(H,21,22,23). The fraction of sp³-hybridized carbons (Fsp3) is 0.167. The van der Waals surface area contributed by atoms with Gasteiger partial charge < -0.3 is 10.1 Å². The van der Waals surface area contributed by atoms with Crippen molar-refractivity contribution in [1.82, 2.24) is 10.3 Å². The monoisotopic (exact) mass is 355 g/mol. The Hall–Kier alpha value is -2.80. The van der Waals surface area contributed by atoms with E-state index in [-0.39, 0.29) is 11.1 Å². The molecule has 1 aliphatic rings. The van der Waals surface area contributed by atoms with Gasteiger partial charge in [0, 0.05) is 6.20 Å². The number of benzene rings is 1. The lowest BCUT2D eigenvalue weighted by molar-refractivity contribution is -0.115. The first-order valence-corrected chi connectivity index (χ1v) is 8.57. The van der Waals surface area contributed by atoms with Gasteiger partial charge in [-0.2, -0.15) is 0 Å². The van der Waals surface area contributed by atoms with Gasteiger partial charge in [0.2, 0.25) is 0 Å². The molecular formula is C18H17N3O3S. The number of hydrogen-bond donors (Lipinski definition) is 2. The Morgan fingerprint density at radius 2 is 2.04 bits per heavy atom. The van der Waals surface area contributed by atoms with Crippen molar-refractivity contribution in [2.24, 2.45) is 0 Å². The minimum Gasteiger partial charge on any atom is -0.492 e. The summed E-state index contributed by atoms with van der Waals surface area (Å²) in [5.41, 5.74) is 1.93. The molecule has 2 aromatic rings. The van der Waals surface area contributed by atoms with E-state index in [1.807, 2.05) is 43.3 Å². The fourth-order valence-corrected chi connectivity index (χ4v) is 2.92. The Labute approximate surface area is 149 Å². The molecule has 2 N–H and O–H groups in total. The molecular weight excluding hydrogens is 338 g/mol. The van der Waals surface area contributed by atoms with Crippen LogP contribution in [-0.2, 0) is 4.79 Å². The SMILES string of the molecule is Cc1cccnc1NCCOc1ccc(C=C2SC(=O)NC2=O)cc1. The zero-order valence-electron chi connectivity index (χ0n) is 13.6. The van der Waals surface area contributed by atoms with Gasteiger partial charge in [0.05, 0.1) is 11.4 Å². The third-order valence-electron chi connectivity index (χ3n) is 3.49. The predicted molar refractivity (Wildman–Crippen MR) is 98.5 cm³/mol. The van der Waals surface area contributed by atoms with E-state index in [1.165, 1.54) is 0 Å². The first-order valence-electron chi connectivity index (χ1n) is 7.75. The average Bonchev–Trinajstić information content (AvgIpc) is 2.92. The highest BCUT2D eigenvalue weighted by atomic mass is 32.2. The molecule has 0 saturated carbocycles. The number of thioether (sulfide) groups is 1. The van der Waals surface area contributed by atoms with Crippen molar-refractivity contribution in [1.29, 1.82) is 0 Å². The van der Waals surface area contributed by atoms with Gasteiger partial charge in [-0.25, -0.2) is 4.98 Å². The number of nitrogens with one attached hydrogen (secondary N) is 2. The van der Waals surface area contributed by atoms with Crippen LogP contribution in [0, 0.1) is 6.92 Å². The quantitative estimate of drug-likeness (QED) is 0.612. The number of amides is 2. The van der Waals surface area contributed by atoms with Crippen molar-refractivity contribution in [2.45, 2.75) is 6.92 Å². The lowest BCUT2D eigenvalue weighted by atomic mass is 10.2. The van der Waals surface area contributed by atoms with Crippen LogP contribution < -0.4 is 15.4 Å². The Morgan fingerprint density at radius 3 is 2.72 bits per heavy atom. The number of pyridine rings is 1. The summed E-state index contributed by atoms with van der Waals surface area (Å²) in [7, 11) is 0. The van der Waals surface area contributed by atoms with Crippen LogP contribution in [-0.4, -0.2) is 29.3 Å². The van der Waals surface area contributed by atoms with E-state index < -0.39 is 0 Å². The first-order chi connectivity index (χ1) is 12.1. The van der Waals surface area contributed by atoms with Crippen LogP contribution in [0.1, 0.15) is 11.1 Å². The molecule has 0 bridgehead atoms. The highest BCUT2D eigenvalue weighted by Gasteiger charge is 2.24. The maximum Gasteiger partial charge on any atom is 0.290 e. The van der Waals surface area contributed by atoms with Crippen LogP contribution in [0.25, 0.3) is 6.08 Å². The van der Waals surface area contributed by atoms with Crippen LogP contribution in [0.2, 0.25) is 0 Å². The molecule has 2 heterocycles. The summed E-state index contributed by atoms with van der Waals surface area (Å²) in [5, 5.41) is 5.12. The molecule has 0 spiro atoms. The highest BCUT2D eigenvalue weighted by Crippen LogP contribution is 2.26. The van der Waals surface area contributed by atoms with Crippen LogP contribution in [0.4, 0.5) is 10.6 Å². The zero-order valence-corrected chi connectivity index (χ0v) is 14.4. The Balaban J connectivity index is 1.50. The highest BCUT2D eigenvalue weighted by molar-refractivity contribution is 8.18. The van der Waals surface area contributed by atoms with E-state index in [0.29, 0.717) is 18.1 Å². The van der Waals surface area contributed by atoms with Crippen molar-refractivity contribution in [3.8, 4) is 5.75 Å². The molecule has 1 fully saturated rings. The summed E-state index contributed by atoms with van der Waals surface area (Å²) in [6.45, 7) is 3.14. The number of rotatable bonds is 6. The maximum atomic E-state index is 11.5. The van der Waals surface area contributed by atoms with Crippen LogP contribution in [0.15, 0.2) is 47.5 Å². The van der Waals surface area contributed by atoms with Crippen molar-refractivity contribution in [2.75, 3.05) is 18.5 Å². The third-order valence-corrected chi connectivity index (χ3v) is 4.30. The van der Waals surface area contributed by atoms with Crippen molar-refractivity contribution >= 4 is 34.8 Å². The minimum absolute atomic E-state index is 0.341. The molecule has 1 aliphatic heterocycles. The number of carbonyl (C=O) groups is 2. The van der Waals surface area contributed by atoms with Crippen LogP contribution >= 0.6 is 11.8 Å². The number of anilines is 1. The van der Waals surface area contributed by atoms with Crippen molar-refractivity contribution in [3.05, 3.63) is 58.6 Å². The summed E-state index contributed by atoms with van der Waals surface area (Å²) in [6.07, 6.45) is 3.43. The van der Waals surface area contributed by atoms with E-state index in [0.717, 1.165) is 34.5 Å². The molecule has 0 atom stereocenters. The zero-order chi connectivity index (χ0) is 17.6. The second kappa shape index (κ2) is 7.85. The Bertz CT molecular complexity index is 819. The van der Waals surface area contributed by atoms with Crippen LogP contribution in [0.3, 0.4) is 0 Å². The second-order valence-corrected chi connectivity index (χ2v) is 6.38. The molecule has 2 amide bonds. The molecule has 7 heteroatoms. The van der Waals surface area contributed by atoms with Gasteiger partial charge in [0.1, 0.15) is 18.2 Å². The average molecular weight is 355 g/mol. The molecule has 1 aromatic carbocycles. The molecule has 0 unspecified atom stereocenters. The van der Waals surface area contributed by atoms with Gasteiger partial charge >= 0.3 is 0 Å². The number of aromatic nitrogens is 1. The smallest absolute Gasteiger partial charge is 0.290 e. The van der Waals surface area contributed by atoms with E-state index >= 15 is 0 Å². The minimum atomic E-state index is -0.355. The van der Waals surface area contributed by atoms with E-state index in [1.54, 1.807) is 12.3 Å². The van der Waals surface area contributed by atoms with Gasteiger partial charge in [-0.3, -0.25) is 14.9 Å². The number of aryl methyl sites for hydroxylation is 1. The Morgan fingerprint density at radius 1 is 1.24 bits per heavy atom. The molecule has 3 rings (SSSR count). The van der Waals surface area contributed by atoms with Gasteiger partial charge in [-0.05, 0) is 54.1 Å². The molecule has 0 radical (unpaired) electrons. The maximum absolute atomic E-state index is 11.5. The first kappa shape index (κ1) is 17.0. The number of carbonyl (C=O) groups excluding carboxylic acids is 2. The fourth-order valence-electron chi connectivity index (χ4n) is 2.24. The third kappa shape index (κ3) is 4.60. The lowest BCUT2D eigenvalue weighted by Crippen LogP contribution is -2.17. The summed E-state index contributed by atoms with van der Waals surface area (Å²) in [4.78, 5) is 27.3. The van der Waals surface area contributed by atoms with E-state index in [2.05, 4.69) is 15.6 Å². The normalized spacial score (nSPS) is 15.3. The number of nitrogens with zero attached hydrogens (tertiary/aromatic N) is 1. The van der Waals surface area contributed by atoms with Crippen molar-refractivity contribution < 1.29 is 14.3 Å². The molecule has 6 nitrogen and oxygen atoms in total. The second-order valence-electron chi connectivity index (χ2n) is 5.37. The molecule has 1 aromatic heterocycles. The van der Waals surface area contributed by atoms with Gasteiger partial charge in [-0.15, -0.1) is 0 Å². The number of hydrogen-bond acceptors (Lipinski definition) is 6. The largest absolute Gasteiger partial charge is 0.492 e. The van der Waals surface area contributed by atoms with Crippen molar-refractivity contribution in [3.63, 3.8) is 0 Å². The van der Waals surface area contributed by atoms with Gasteiger partial charge in [-0.1, -0.05) is 18.2 Å². The number of imide groups is 1. The van der Waals surface area contributed by atoms with Crippen LogP contribution in [0.5, 0.6) is 5.75 Å². The van der Waals surface area contributed by atoms with E-state index in [4.69, 9.17) is 4.74 Å². The summed E-state index contributed by atoms with van der Waals surface area (Å²) < 4.78 is 5.68. The molecule has 1 saturated heterocycles. The lowest BCUT2D eigenvalue weighted by Gasteiger charge is -2.09. The number of ether oxygens (including phenoxy) is 1. The Kier molecular flexibility index (Phi) is 5.35. The summed E-state index contributed by atoms with van der Waals surface area (Å²) in [5.74, 6) is 1.24. The summed E-state index contributed by atoms with van der Waals surface area (Å²) >= 11 is 0.905. The topological polar surface area (TPSA) is 80.3 Å². The van der Waals surface area contributed by atoms with Gasteiger partial charge in [0.15, 0.2) is 0 Å². The molecule has 25 heavy (non-hydrogen) atoms. The van der Waals surface area contributed by atoms with E-state index in [9.17, 15) is 9.59 Å². The van der Waals surface area contributed by atoms with Gasteiger partial charge in [0.25, 0.3) is 11.1 Å².